The molecule has 47 heavy (non-hydrogen) atoms. The summed E-state index contributed by atoms with van der Waals surface area (Å²) in [7, 11) is 2.18. The maximum absolute atomic E-state index is 13.0. The van der Waals surface area contributed by atoms with Gasteiger partial charge in [0, 0.05) is 0 Å². The molecule has 244 valence electrons. The van der Waals surface area contributed by atoms with Crippen molar-refractivity contribution in [2.45, 2.75) is 0 Å². The van der Waals surface area contributed by atoms with Crippen LogP contribution in [-0.2, 0) is 4.74 Å². The zero-order chi connectivity index (χ0) is 34.7. The van der Waals surface area contributed by atoms with Crippen LogP contribution in [0.4, 0.5) is 0 Å². The fourth-order valence-electron chi connectivity index (χ4n) is 3.83. The third-order valence-corrected chi connectivity index (χ3v) is 6.18. The molecule has 17 heteroatoms. The van der Waals surface area contributed by atoms with E-state index in [2.05, 4.69) is 4.74 Å². The van der Waals surface area contributed by atoms with Crippen LogP contribution >= 0.6 is 0 Å². The molecule has 0 aliphatic carbocycles. The lowest BCUT2D eigenvalue weighted by atomic mass is 10.1. The van der Waals surface area contributed by atoms with Gasteiger partial charge < -0.3 is 64.5 Å². The summed E-state index contributed by atoms with van der Waals surface area (Å²) in [6.45, 7) is 0. The normalized spacial score (nSPS) is 10.5. The number of phenols is 8. The topological polar surface area (TPSA) is 276 Å². The van der Waals surface area contributed by atoms with Crippen molar-refractivity contribution >= 4 is 23.9 Å². The van der Waals surface area contributed by atoms with Crippen LogP contribution in [-0.4, -0.2) is 78.9 Å². The van der Waals surface area contributed by atoms with Gasteiger partial charge in [0.15, 0.2) is 46.0 Å². The van der Waals surface area contributed by atoms with Crippen LogP contribution in [0.25, 0.3) is 0 Å². The highest BCUT2D eigenvalue weighted by molar-refractivity contribution is 5.97. The van der Waals surface area contributed by atoms with E-state index in [9.17, 15) is 60.0 Å². The first-order valence-corrected chi connectivity index (χ1v) is 12.7. The molecule has 4 rings (SSSR count). The molecule has 0 heterocycles. The van der Waals surface area contributed by atoms with Crippen LogP contribution in [0.1, 0.15) is 41.4 Å². The van der Waals surface area contributed by atoms with Gasteiger partial charge in [-0.3, -0.25) is 0 Å². The molecule has 0 radical (unpaired) electrons. The third-order valence-electron chi connectivity index (χ3n) is 6.18. The molecule has 0 bridgehead atoms. The van der Waals surface area contributed by atoms with E-state index in [1.807, 2.05) is 0 Å². The van der Waals surface area contributed by atoms with E-state index < -0.39 is 98.2 Å². The second-order valence-corrected chi connectivity index (χ2v) is 9.23. The van der Waals surface area contributed by atoms with Crippen LogP contribution in [0.3, 0.4) is 0 Å². The van der Waals surface area contributed by atoms with Crippen molar-refractivity contribution in [2.75, 3.05) is 14.2 Å². The van der Waals surface area contributed by atoms with Crippen LogP contribution in [0.2, 0.25) is 0 Å². The Balaban J connectivity index is 1.60. The molecule has 0 atom stereocenters. The highest BCUT2D eigenvalue weighted by Crippen LogP contribution is 2.42. The first-order chi connectivity index (χ1) is 22.1. The molecule has 0 saturated carbocycles. The summed E-state index contributed by atoms with van der Waals surface area (Å²) in [5.41, 5.74) is -1.87. The minimum atomic E-state index is -1.39. The van der Waals surface area contributed by atoms with Gasteiger partial charge in [-0.15, -0.1) is 0 Å². The summed E-state index contributed by atoms with van der Waals surface area (Å²) in [5, 5.41) is 80.3. The monoisotopic (exact) mass is 654 g/mol. The predicted octanol–water partition coefficient (Wildman–Crippen LogP) is 2.78. The molecule has 4 aromatic rings. The highest BCUT2D eigenvalue weighted by Gasteiger charge is 2.25. The summed E-state index contributed by atoms with van der Waals surface area (Å²) in [6, 6.07) is 6.34. The highest BCUT2D eigenvalue weighted by atomic mass is 16.6. The number of carbonyl (C=O) groups excluding carboxylic acids is 4. The summed E-state index contributed by atoms with van der Waals surface area (Å²) < 4.78 is 24.4. The number of carbonyl (C=O) groups is 4. The minimum absolute atomic E-state index is 0.305. The number of methoxy groups -OCH3 is 2. The van der Waals surface area contributed by atoms with Gasteiger partial charge in [-0.05, 0) is 48.5 Å². The van der Waals surface area contributed by atoms with Crippen LogP contribution in [0.15, 0.2) is 48.5 Å². The van der Waals surface area contributed by atoms with Crippen molar-refractivity contribution in [3.05, 3.63) is 70.8 Å². The average molecular weight is 654 g/mol. The molecule has 0 aliphatic heterocycles. The molecule has 8 N–H and O–H groups in total. The molecule has 4 aromatic carbocycles. The fourth-order valence-corrected chi connectivity index (χ4v) is 3.83. The second kappa shape index (κ2) is 12.9. The zero-order valence-electron chi connectivity index (χ0n) is 23.9. The Morgan fingerprint density at radius 3 is 0.936 bits per heavy atom. The van der Waals surface area contributed by atoms with Gasteiger partial charge in [0.2, 0.25) is 23.0 Å². The molecule has 17 nitrogen and oxygen atoms in total. The lowest BCUT2D eigenvalue weighted by Crippen LogP contribution is -2.13. The Morgan fingerprint density at radius 1 is 0.404 bits per heavy atom. The average Bonchev–Trinajstić information content (AvgIpc) is 3.03. The van der Waals surface area contributed by atoms with Crippen LogP contribution < -0.4 is 18.9 Å². The van der Waals surface area contributed by atoms with E-state index in [4.69, 9.17) is 18.9 Å². The summed E-state index contributed by atoms with van der Waals surface area (Å²) in [5.74, 6) is -14.8. The molecule has 0 aromatic heterocycles. The Kier molecular flexibility index (Phi) is 9.02. The standard InChI is InChI=1S/C30H22O17/c1-43-19-7-12(4-15(31)23(19)35)28(40)46-21-9-14(6-17(33)25(21)37)30(42)47-22-10-13(5-18(34)26(22)38)29(41)45-20-8-11(27(39)44-2)3-16(32)24(20)36/h3-10,31-38H,1-2H3. The molecule has 0 amide bonds. The van der Waals surface area contributed by atoms with Gasteiger partial charge in [0.1, 0.15) is 0 Å². The number of hydrogen-bond acceptors (Lipinski definition) is 17. The van der Waals surface area contributed by atoms with Crippen molar-refractivity contribution in [1.82, 2.24) is 0 Å². The number of esters is 4. The number of rotatable bonds is 8. The lowest BCUT2D eigenvalue weighted by Gasteiger charge is -2.13. The molecule has 0 unspecified atom stereocenters. The van der Waals surface area contributed by atoms with Gasteiger partial charge in [-0.2, -0.15) is 0 Å². The first kappa shape index (κ1) is 32.9. The molecule has 0 aliphatic rings. The van der Waals surface area contributed by atoms with E-state index >= 15 is 0 Å². The van der Waals surface area contributed by atoms with E-state index in [0.717, 1.165) is 50.6 Å². The maximum atomic E-state index is 13.0. The minimum Gasteiger partial charge on any atom is -0.504 e. The quantitative estimate of drug-likeness (QED) is 0.0770. The van der Waals surface area contributed by atoms with Crippen molar-refractivity contribution in [1.29, 1.82) is 0 Å². The fraction of sp³-hybridized carbons (Fsp3) is 0.0667. The smallest absolute Gasteiger partial charge is 0.343 e. The predicted molar refractivity (Wildman–Crippen MR) is 152 cm³/mol. The van der Waals surface area contributed by atoms with E-state index in [1.54, 1.807) is 0 Å². The van der Waals surface area contributed by atoms with Crippen molar-refractivity contribution in [3.8, 4) is 69.0 Å². The van der Waals surface area contributed by atoms with Crippen molar-refractivity contribution < 1.29 is 83.7 Å². The number of aromatic hydroxyl groups is 8. The molecule has 0 spiro atoms. The van der Waals surface area contributed by atoms with E-state index in [1.165, 1.54) is 0 Å². The Morgan fingerprint density at radius 2 is 0.660 bits per heavy atom. The van der Waals surface area contributed by atoms with Crippen molar-refractivity contribution in [3.63, 3.8) is 0 Å². The van der Waals surface area contributed by atoms with Crippen LogP contribution in [0, 0.1) is 0 Å². The summed E-state index contributed by atoms with van der Waals surface area (Å²) >= 11 is 0. The molecular formula is C30H22O17. The summed E-state index contributed by atoms with van der Waals surface area (Å²) in [6.07, 6.45) is 0. The maximum Gasteiger partial charge on any atom is 0.343 e. The van der Waals surface area contributed by atoms with Gasteiger partial charge >= 0.3 is 23.9 Å². The second-order valence-electron chi connectivity index (χ2n) is 9.23. The zero-order valence-corrected chi connectivity index (χ0v) is 23.9. The Hall–Kier alpha value is -7.04. The lowest BCUT2D eigenvalue weighted by molar-refractivity contribution is 0.0596. The van der Waals surface area contributed by atoms with E-state index in [-0.39, 0.29) is 16.9 Å². The Labute approximate surface area is 261 Å². The van der Waals surface area contributed by atoms with Crippen LogP contribution in [0.5, 0.6) is 69.0 Å². The molecule has 0 saturated heterocycles. The number of phenolic OH excluding ortho intramolecular Hbond substituents is 8. The van der Waals surface area contributed by atoms with Gasteiger partial charge in [0.05, 0.1) is 36.5 Å². The number of ether oxygens (including phenoxy) is 5. The SMILES string of the molecule is COC(=O)c1cc(O)c(O)c(OC(=O)c2cc(O)c(O)c(OC(=O)c3cc(O)c(O)c(OC(=O)c4cc(O)c(O)c(OC)c4)c3)c2)c1. The summed E-state index contributed by atoms with van der Waals surface area (Å²) in [4.78, 5) is 50.3. The number of benzene rings is 4. The molecular weight excluding hydrogens is 632 g/mol. The first-order valence-electron chi connectivity index (χ1n) is 12.7. The third kappa shape index (κ3) is 6.73. The van der Waals surface area contributed by atoms with Gasteiger partial charge in [-0.1, -0.05) is 0 Å². The largest absolute Gasteiger partial charge is 0.504 e. The van der Waals surface area contributed by atoms with Gasteiger partial charge in [0.25, 0.3) is 0 Å². The van der Waals surface area contributed by atoms with E-state index in [0.29, 0.717) is 12.1 Å². The molecule has 0 fully saturated rings. The van der Waals surface area contributed by atoms with Crippen molar-refractivity contribution in [2.24, 2.45) is 0 Å². The Bertz CT molecular complexity index is 1950. The van der Waals surface area contributed by atoms with Gasteiger partial charge in [-0.25, -0.2) is 19.2 Å². The number of hydrogen-bond donors (Lipinski definition) is 8.